The summed E-state index contributed by atoms with van der Waals surface area (Å²) >= 11 is 0. The Kier molecular flexibility index (Phi) is 7.17. The molecule has 0 bridgehead atoms. The summed E-state index contributed by atoms with van der Waals surface area (Å²) in [5.41, 5.74) is 7.25. The Hall–Kier alpha value is -2.86. The predicted octanol–water partition coefficient (Wildman–Crippen LogP) is 2.30. The van der Waals surface area contributed by atoms with Crippen molar-refractivity contribution in [1.82, 2.24) is 5.32 Å². The molecule has 0 aliphatic rings. The van der Waals surface area contributed by atoms with E-state index in [4.69, 9.17) is 10.5 Å². The Morgan fingerprint density at radius 2 is 1.69 bits per heavy atom. The number of amides is 2. The largest absolute Gasteiger partial charge is 0.489 e. The highest BCUT2D eigenvalue weighted by Gasteiger charge is 2.17. The van der Waals surface area contributed by atoms with Crippen molar-refractivity contribution in [3.05, 3.63) is 60.2 Å². The van der Waals surface area contributed by atoms with Crippen molar-refractivity contribution < 1.29 is 14.3 Å². The molecule has 6 nitrogen and oxygen atoms in total. The molecule has 1 atom stereocenters. The Labute approximate surface area is 153 Å². The maximum absolute atomic E-state index is 12.1. The lowest BCUT2D eigenvalue weighted by atomic mass is 10.1. The van der Waals surface area contributed by atoms with Crippen molar-refractivity contribution in [2.45, 2.75) is 26.5 Å². The minimum Gasteiger partial charge on any atom is -0.489 e. The summed E-state index contributed by atoms with van der Waals surface area (Å²) in [6.45, 7) is 3.90. The molecule has 2 amide bonds. The molecule has 0 aliphatic heterocycles. The Bertz CT molecular complexity index is 732. The molecular weight excluding hydrogens is 330 g/mol. The maximum Gasteiger partial charge on any atom is 0.243 e. The van der Waals surface area contributed by atoms with E-state index in [-0.39, 0.29) is 24.3 Å². The molecule has 2 aromatic rings. The number of para-hydroxylation sites is 2. The second-order valence-electron chi connectivity index (χ2n) is 6.29. The lowest BCUT2D eigenvalue weighted by Crippen LogP contribution is -2.46. The van der Waals surface area contributed by atoms with E-state index in [1.165, 1.54) is 0 Å². The molecular formula is C20H25N3O3. The molecule has 0 unspecified atom stereocenters. The number of rotatable bonds is 8. The Balaban J connectivity index is 1.90. The smallest absolute Gasteiger partial charge is 0.243 e. The molecule has 0 aliphatic carbocycles. The van der Waals surface area contributed by atoms with Gasteiger partial charge in [-0.1, -0.05) is 50.2 Å². The van der Waals surface area contributed by atoms with Crippen LogP contribution in [0.3, 0.4) is 0 Å². The highest BCUT2D eigenvalue weighted by atomic mass is 16.5. The van der Waals surface area contributed by atoms with Gasteiger partial charge in [0.1, 0.15) is 12.4 Å². The van der Waals surface area contributed by atoms with E-state index in [2.05, 4.69) is 10.6 Å². The average molecular weight is 355 g/mol. The summed E-state index contributed by atoms with van der Waals surface area (Å²) in [6, 6.07) is 16.2. The van der Waals surface area contributed by atoms with Crippen molar-refractivity contribution in [3.8, 4) is 5.75 Å². The zero-order valence-corrected chi connectivity index (χ0v) is 15.1. The average Bonchev–Trinajstić information content (AvgIpc) is 2.65. The lowest BCUT2D eigenvalue weighted by molar-refractivity contribution is -0.125. The van der Waals surface area contributed by atoms with E-state index in [9.17, 15) is 9.59 Å². The normalized spacial score (nSPS) is 11.7. The van der Waals surface area contributed by atoms with Gasteiger partial charge in [-0.15, -0.1) is 0 Å². The fourth-order valence-corrected chi connectivity index (χ4v) is 2.23. The van der Waals surface area contributed by atoms with Crippen LogP contribution in [-0.2, 0) is 16.2 Å². The van der Waals surface area contributed by atoms with Crippen LogP contribution in [0.4, 0.5) is 5.69 Å². The molecule has 26 heavy (non-hydrogen) atoms. The molecule has 0 saturated carbocycles. The minimum atomic E-state index is -0.630. The SMILES string of the molecule is CC(C)[C@H](N)C(=O)NCC(=O)Nc1ccccc1COc1ccccc1. The number of anilines is 1. The summed E-state index contributed by atoms with van der Waals surface area (Å²) < 4.78 is 5.73. The first-order valence-corrected chi connectivity index (χ1v) is 8.56. The van der Waals surface area contributed by atoms with E-state index >= 15 is 0 Å². The number of nitrogens with two attached hydrogens (primary N) is 1. The number of hydrogen-bond acceptors (Lipinski definition) is 4. The van der Waals surface area contributed by atoms with Crippen molar-refractivity contribution in [2.24, 2.45) is 11.7 Å². The van der Waals surface area contributed by atoms with Crippen LogP contribution in [0.2, 0.25) is 0 Å². The summed E-state index contributed by atoms with van der Waals surface area (Å²) in [6.07, 6.45) is 0. The van der Waals surface area contributed by atoms with Gasteiger partial charge in [0.2, 0.25) is 11.8 Å². The molecule has 138 valence electrons. The number of benzene rings is 2. The lowest BCUT2D eigenvalue weighted by Gasteiger charge is -2.16. The molecule has 2 aromatic carbocycles. The fraction of sp³-hybridized carbons (Fsp3) is 0.300. The van der Waals surface area contributed by atoms with Crippen molar-refractivity contribution in [1.29, 1.82) is 0 Å². The topological polar surface area (TPSA) is 93.5 Å². The first-order valence-electron chi connectivity index (χ1n) is 8.56. The van der Waals surface area contributed by atoms with Crippen LogP contribution in [-0.4, -0.2) is 24.4 Å². The summed E-state index contributed by atoms with van der Waals surface area (Å²) in [5.74, 6) is 0.106. The van der Waals surface area contributed by atoms with Gasteiger partial charge in [-0.3, -0.25) is 9.59 Å². The quantitative estimate of drug-likeness (QED) is 0.677. The third-order valence-electron chi connectivity index (χ3n) is 3.87. The van der Waals surface area contributed by atoms with Crippen LogP contribution in [0.15, 0.2) is 54.6 Å². The standard InChI is InChI=1S/C20H25N3O3/c1-14(2)19(21)20(25)22-12-18(24)23-17-11-7-6-8-15(17)13-26-16-9-4-3-5-10-16/h3-11,14,19H,12-13,21H2,1-2H3,(H,22,25)(H,23,24)/t19-/m0/s1. The molecule has 0 spiro atoms. The molecule has 6 heteroatoms. The second-order valence-corrected chi connectivity index (χ2v) is 6.29. The van der Waals surface area contributed by atoms with Gasteiger partial charge in [0.05, 0.1) is 12.6 Å². The summed E-state index contributed by atoms with van der Waals surface area (Å²) in [5, 5.41) is 5.35. The number of nitrogens with one attached hydrogen (secondary N) is 2. The minimum absolute atomic E-state index is 0.00826. The zero-order valence-electron chi connectivity index (χ0n) is 15.1. The van der Waals surface area contributed by atoms with Crippen LogP contribution in [0.25, 0.3) is 0 Å². The fourth-order valence-electron chi connectivity index (χ4n) is 2.23. The molecule has 4 N–H and O–H groups in total. The number of carbonyl (C=O) groups excluding carboxylic acids is 2. The van der Waals surface area contributed by atoms with Gasteiger partial charge in [0.15, 0.2) is 0 Å². The molecule has 0 heterocycles. The van der Waals surface area contributed by atoms with Gasteiger partial charge in [-0.25, -0.2) is 0 Å². The molecule has 2 rings (SSSR count). The van der Waals surface area contributed by atoms with Gasteiger partial charge >= 0.3 is 0 Å². The van der Waals surface area contributed by atoms with E-state index in [1.807, 2.05) is 62.4 Å². The predicted molar refractivity (Wildman–Crippen MR) is 102 cm³/mol. The van der Waals surface area contributed by atoms with E-state index in [0.29, 0.717) is 12.3 Å². The molecule has 0 aromatic heterocycles. The van der Waals surface area contributed by atoms with Crippen molar-refractivity contribution >= 4 is 17.5 Å². The maximum atomic E-state index is 12.1. The van der Waals surface area contributed by atoms with Crippen LogP contribution < -0.4 is 21.1 Å². The van der Waals surface area contributed by atoms with Gasteiger partial charge in [-0.05, 0) is 24.1 Å². The van der Waals surface area contributed by atoms with Crippen LogP contribution >= 0.6 is 0 Å². The Morgan fingerprint density at radius 1 is 1.04 bits per heavy atom. The number of hydrogen-bond donors (Lipinski definition) is 3. The number of ether oxygens (including phenoxy) is 1. The monoisotopic (exact) mass is 355 g/mol. The van der Waals surface area contributed by atoms with E-state index < -0.39 is 6.04 Å². The van der Waals surface area contributed by atoms with Gasteiger partial charge < -0.3 is 21.1 Å². The Morgan fingerprint density at radius 3 is 2.38 bits per heavy atom. The zero-order chi connectivity index (χ0) is 18.9. The first kappa shape index (κ1) is 19.5. The third kappa shape index (κ3) is 5.89. The van der Waals surface area contributed by atoms with Crippen LogP contribution in [0, 0.1) is 5.92 Å². The van der Waals surface area contributed by atoms with E-state index in [1.54, 1.807) is 6.07 Å². The molecule has 0 fully saturated rings. The van der Waals surface area contributed by atoms with Crippen LogP contribution in [0.5, 0.6) is 5.75 Å². The molecule has 0 radical (unpaired) electrons. The highest BCUT2D eigenvalue weighted by Crippen LogP contribution is 2.18. The highest BCUT2D eigenvalue weighted by molar-refractivity contribution is 5.95. The van der Waals surface area contributed by atoms with Gasteiger partial charge in [0.25, 0.3) is 0 Å². The van der Waals surface area contributed by atoms with E-state index in [0.717, 1.165) is 11.3 Å². The van der Waals surface area contributed by atoms with Crippen LogP contribution in [0.1, 0.15) is 19.4 Å². The van der Waals surface area contributed by atoms with Crippen molar-refractivity contribution in [3.63, 3.8) is 0 Å². The third-order valence-corrected chi connectivity index (χ3v) is 3.87. The van der Waals surface area contributed by atoms with Gasteiger partial charge in [0, 0.05) is 11.3 Å². The summed E-state index contributed by atoms with van der Waals surface area (Å²) in [4.78, 5) is 24.0. The first-order chi connectivity index (χ1) is 12.5. The molecule has 0 saturated heterocycles. The van der Waals surface area contributed by atoms with Crippen molar-refractivity contribution in [2.75, 3.05) is 11.9 Å². The second kappa shape index (κ2) is 9.58. The number of carbonyl (C=O) groups is 2. The van der Waals surface area contributed by atoms with Gasteiger partial charge in [-0.2, -0.15) is 0 Å². The summed E-state index contributed by atoms with van der Waals surface area (Å²) in [7, 11) is 0.